The van der Waals surface area contributed by atoms with E-state index in [-0.39, 0.29) is 16.7 Å². The summed E-state index contributed by atoms with van der Waals surface area (Å²) in [7, 11) is -2.10. The fourth-order valence-electron chi connectivity index (χ4n) is 4.62. The van der Waals surface area contributed by atoms with Gasteiger partial charge in [0.25, 0.3) is 0 Å². The van der Waals surface area contributed by atoms with Crippen molar-refractivity contribution < 1.29 is 17.9 Å². The zero-order chi connectivity index (χ0) is 21.8. The van der Waals surface area contributed by atoms with E-state index in [2.05, 4.69) is 11.4 Å². The third-order valence-corrected chi connectivity index (χ3v) is 8.21. The second kappa shape index (κ2) is 9.40. The molecule has 0 bridgehead atoms. The van der Waals surface area contributed by atoms with Crippen LogP contribution in [0.25, 0.3) is 0 Å². The first-order valence-corrected chi connectivity index (χ1v) is 12.5. The Hall–Kier alpha value is -2.38. The number of aryl methyl sites for hydroxylation is 1. The molecule has 0 aromatic heterocycles. The van der Waals surface area contributed by atoms with Crippen molar-refractivity contribution in [1.82, 2.24) is 4.31 Å². The minimum absolute atomic E-state index is 0.130. The van der Waals surface area contributed by atoms with Crippen molar-refractivity contribution in [3.05, 3.63) is 53.6 Å². The van der Waals surface area contributed by atoms with Crippen LogP contribution in [-0.2, 0) is 21.2 Å². The lowest BCUT2D eigenvalue weighted by Gasteiger charge is -2.25. The Morgan fingerprint density at radius 1 is 1.03 bits per heavy atom. The number of anilines is 1. The molecule has 1 amide bonds. The number of ether oxygens (including phenoxy) is 1. The molecule has 2 aromatic rings. The van der Waals surface area contributed by atoms with Crippen LogP contribution in [0.15, 0.2) is 47.4 Å². The number of hydrogen-bond donors (Lipinski definition) is 1. The maximum atomic E-state index is 13.2. The second-order valence-electron chi connectivity index (χ2n) is 8.31. The fraction of sp³-hybridized carbons (Fsp3) is 0.458. The topological polar surface area (TPSA) is 75.7 Å². The summed E-state index contributed by atoms with van der Waals surface area (Å²) in [5.41, 5.74) is 2.66. The molecule has 0 spiro atoms. The Morgan fingerprint density at radius 2 is 1.77 bits per heavy atom. The van der Waals surface area contributed by atoms with Gasteiger partial charge in [-0.15, -0.1) is 0 Å². The van der Waals surface area contributed by atoms with Gasteiger partial charge in [-0.05, 0) is 61.4 Å². The average Bonchev–Trinajstić information content (AvgIpc) is 3.09. The van der Waals surface area contributed by atoms with Crippen LogP contribution in [0, 0.1) is 0 Å². The quantitative estimate of drug-likeness (QED) is 0.748. The molecule has 1 aliphatic carbocycles. The predicted octanol–water partition coefficient (Wildman–Crippen LogP) is 4.32. The highest BCUT2D eigenvalue weighted by Gasteiger charge is 2.29. The normalized spacial score (nSPS) is 19.8. The molecule has 6 nitrogen and oxygen atoms in total. The number of hydrogen-bond acceptors (Lipinski definition) is 4. The van der Waals surface area contributed by atoms with Crippen LogP contribution < -0.4 is 10.1 Å². The Bertz CT molecular complexity index is 1040. The van der Waals surface area contributed by atoms with Crippen molar-refractivity contribution in [2.75, 3.05) is 25.5 Å². The lowest BCUT2D eigenvalue weighted by molar-refractivity contribution is -0.117. The van der Waals surface area contributed by atoms with E-state index in [4.69, 9.17) is 4.74 Å². The Kier molecular flexibility index (Phi) is 6.62. The van der Waals surface area contributed by atoms with Gasteiger partial charge in [0, 0.05) is 13.1 Å². The first-order valence-electron chi connectivity index (χ1n) is 11.1. The van der Waals surface area contributed by atoms with Crippen molar-refractivity contribution in [1.29, 1.82) is 0 Å². The summed E-state index contributed by atoms with van der Waals surface area (Å²) >= 11 is 0. The summed E-state index contributed by atoms with van der Waals surface area (Å²) in [5, 5.41) is 2.95. The van der Waals surface area contributed by atoms with E-state index in [9.17, 15) is 13.2 Å². The Labute approximate surface area is 184 Å². The molecule has 2 aromatic carbocycles. The largest absolute Gasteiger partial charge is 0.495 e. The molecule has 1 saturated heterocycles. The highest BCUT2D eigenvalue weighted by molar-refractivity contribution is 7.89. The van der Waals surface area contributed by atoms with Gasteiger partial charge in [-0.25, -0.2) is 8.42 Å². The van der Waals surface area contributed by atoms with Gasteiger partial charge in [-0.3, -0.25) is 4.79 Å². The molecule has 1 aliphatic heterocycles. The van der Waals surface area contributed by atoms with E-state index in [1.807, 2.05) is 18.2 Å². The van der Waals surface area contributed by atoms with Gasteiger partial charge in [0.05, 0.1) is 23.6 Å². The standard InChI is InChI=1S/C24H30N2O4S/c1-30-23-14-13-19(31(28,29)26-15-6-2-3-7-16-26)17-22(23)25-24(27)21-12-8-10-18-9-4-5-11-20(18)21/h4-5,9,11,13-14,17,21H,2-3,6-8,10,12,15-16H2,1H3,(H,25,27). The van der Waals surface area contributed by atoms with E-state index < -0.39 is 10.0 Å². The van der Waals surface area contributed by atoms with Crippen LogP contribution in [0.1, 0.15) is 55.6 Å². The van der Waals surface area contributed by atoms with Crippen LogP contribution in [0.4, 0.5) is 5.69 Å². The van der Waals surface area contributed by atoms with Gasteiger partial charge in [-0.2, -0.15) is 4.31 Å². The number of fused-ring (bicyclic) bond motifs is 1. The van der Waals surface area contributed by atoms with Gasteiger partial charge in [0.15, 0.2) is 0 Å². The predicted molar refractivity (Wildman–Crippen MR) is 121 cm³/mol. The van der Waals surface area contributed by atoms with Crippen LogP contribution in [0.5, 0.6) is 5.75 Å². The molecule has 1 N–H and O–H groups in total. The Morgan fingerprint density at radius 3 is 2.52 bits per heavy atom. The number of carbonyl (C=O) groups excluding carboxylic acids is 1. The van der Waals surface area contributed by atoms with Crippen LogP contribution in [-0.4, -0.2) is 38.8 Å². The highest BCUT2D eigenvalue weighted by atomic mass is 32.2. The number of carbonyl (C=O) groups is 1. The molecule has 7 heteroatoms. The molecule has 4 rings (SSSR count). The lowest BCUT2D eigenvalue weighted by atomic mass is 9.82. The van der Waals surface area contributed by atoms with E-state index >= 15 is 0 Å². The third kappa shape index (κ3) is 4.62. The minimum Gasteiger partial charge on any atom is -0.495 e. The number of nitrogens with zero attached hydrogens (tertiary/aromatic N) is 1. The zero-order valence-corrected chi connectivity index (χ0v) is 18.8. The number of methoxy groups -OCH3 is 1. The maximum Gasteiger partial charge on any atom is 0.243 e. The van der Waals surface area contributed by atoms with Crippen molar-refractivity contribution >= 4 is 21.6 Å². The zero-order valence-electron chi connectivity index (χ0n) is 18.0. The van der Waals surface area contributed by atoms with E-state index in [1.54, 1.807) is 16.4 Å². The van der Waals surface area contributed by atoms with E-state index in [1.165, 1.54) is 18.7 Å². The average molecular weight is 443 g/mol. The highest BCUT2D eigenvalue weighted by Crippen LogP contribution is 2.35. The summed E-state index contributed by atoms with van der Waals surface area (Å²) < 4.78 is 33.4. The van der Waals surface area contributed by atoms with Crippen molar-refractivity contribution in [3.8, 4) is 5.75 Å². The molecular formula is C24H30N2O4S. The third-order valence-electron chi connectivity index (χ3n) is 6.32. The van der Waals surface area contributed by atoms with Gasteiger partial charge in [0.1, 0.15) is 5.75 Å². The van der Waals surface area contributed by atoms with Gasteiger partial charge < -0.3 is 10.1 Å². The smallest absolute Gasteiger partial charge is 0.243 e. The summed E-state index contributed by atoms with van der Waals surface area (Å²) in [5.74, 6) is 0.0718. The molecule has 1 heterocycles. The summed E-state index contributed by atoms with van der Waals surface area (Å²) in [6.45, 7) is 1.07. The molecule has 0 radical (unpaired) electrons. The van der Waals surface area contributed by atoms with Gasteiger partial charge in [-0.1, -0.05) is 37.1 Å². The second-order valence-corrected chi connectivity index (χ2v) is 10.3. The summed E-state index contributed by atoms with van der Waals surface area (Å²) in [4.78, 5) is 13.4. The van der Waals surface area contributed by atoms with E-state index in [0.29, 0.717) is 24.5 Å². The lowest BCUT2D eigenvalue weighted by Crippen LogP contribution is -2.32. The van der Waals surface area contributed by atoms with Crippen molar-refractivity contribution in [2.45, 2.75) is 55.8 Å². The van der Waals surface area contributed by atoms with Crippen molar-refractivity contribution in [2.24, 2.45) is 0 Å². The monoisotopic (exact) mass is 442 g/mol. The van der Waals surface area contributed by atoms with E-state index in [0.717, 1.165) is 50.5 Å². The molecular weight excluding hydrogens is 412 g/mol. The fourth-order valence-corrected chi connectivity index (χ4v) is 6.17. The number of sulfonamides is 1. The molecule has 0 saturated carbocycles. The van der Waals surface area contributed by atoms with Gasteiger partial charge >= 0.3 is 0 Å². The summed E-state index contributed by atoms with van der Waals surface area (Å²) in [6, 6.07) is 12.8. The van der Waals surface area contributed by atoms with Crippen molar-refractivity contribution in [3.63, 3.8) is 0 Å². The number of amides is 1. The van der Waals surface area contributed by atoms with Crippen LogP contribution in [0.3, 0.4) is 0 Å². The maximum absolute atomic E-state index is 13.2. The number of benzene rings is 2. The van der Waals surface area contributed by atoms with Gasteiger partial charge in [0.2, 0.25) is 15.9 Å². The summed E-state index contributed by atoms with van der Waals surface area (Å²) in [6.07, 6.45) is 6.57. The molecule has 1 fully saturated rings. The number of rotatable bonds is 5. The Balaban J connectivity index is 1.61. The SMILES string of the molecule is COc1ccc(S(=O)(=O)N2CCCCCC2)cc1NC(=O)C1CCCc2ccccc21. The molecule has 1 unspecified atom stereocenters. The number of nitrogens with one attached hydrogen (secondary N) is 1. The molecule has 1 atom stereocenters. The first-order chi connectivity index (χ1) is 15.0. The molecule has 31 heavy (non-hydrogen) atoms. The van der Waals surface area contributed by atoms with Crippen LogP contribution >= 0.6 is 0 Å². The molecule has 166 valence electrons. The minimum atomic E-state index is -3.62. The molecule has 2 aliphatic rings. The van der Waals surface area contributed by atoms with Crippen LogP contribution in [0.2, 0.25) is 0 Å². The first kappa shape index (κ1) is 21.8.